The third kappa shape index (κ3) is 5.01. The molecule has 0 aliphatic heterocycles. The molecule has 4 heteroatoms. The lowest BCUT2D eigenvalue weighted by atomic mass is 10.00. The second-order valence-electron chi connectivity index (χ2n) is 6.22. The number of anilines is 1. The van der Waals surface area contributed by atoms with Gasteiger partial charge in [-0.25, -0.2) is 0 Å². The third-order valence-corrected chi connectivity index (χ3v) is 4.07. The van der Waals surface area contributed by atoms with Crippen LogP contribution in [0.3, 0.4) is 0 Å². The van der Waals surface area contributed by atoms with Crippen LogP contribution in [0.4, 0.5) is 5.69 Å². The molecular formula is C20H25NO3. The normalized spacial score (nSPS) is 11.9. The molecule has 1 atom stereocenters. The molecule has 0 fully saturated rings. The maximum atomic E-state index is 12.3. The first-order valence-corrected chi connectivity index (χ1v) is 8.40. The number of benzene rings is 2. The zero-order valence-electron chi connectivity index (χ0n) is 14.2. The number of aryl methyl sites for hydroxylation is 1. The molecule has 0 radical (unpaired) electrons. The first kappa shape index (κ1) is 17.9. The van der Waals surface area contributed by atoms with Gasteiger partial charge in [-0.2, -0.15) is 0 Å². The molecule has 0 saturated carbocycles. The summed E-state index contributed by atoms with van der Waals surface area (Å²) in [5, 5.41) is 21.8. The number of hydrogen-bond acceptors (Lipinski definition) is 3. The van der Waals surface area contributed by atoms with Crippen LogP contribution in [-0.2, 0) is 17.6 Å². The van der Waals surface area contributed by atoms with Crippen molar-refractivity contribution in [1.82, 2.24) is 0 Å². The first-order chi connectivity index (χ1) is 11.5. The fraction of sp³-hybridized carbons (Fsp3) is 0.350. The lowest BCUT2D eigenvalue weighted by Gasteiger charge is -2.13. The molecule has 4 nitrogen and oxygen atoms in total. The van der Waals surface area contributed by atoms with Crippen LogP contribution in [0.25, 0.3) is 0 Å². The average Bonchev–Trinajstić information content (AvgIpc) is 2.57. The molecule has 24 heavy (non-hydrogen) atoms. The number of rotatable bonds is 7. The Morgan fingerprint density at radius 3 is 2.33 bits per heavy atom. The van der Waals surface area contributed by atoms with Gasteiger partial charge in [-0.15, -0.1) is 0 Å². The van der Waals surface area contributed by atoms with Crippen LogP contribution in [0.5, 0.6) is 11.5 Å². The first-order valence-electron chi connectivity index (χ1n) is 8.40. The van der Waals surface area contributed by atoms with Gasteiger partial charge in [0.1, 0.15) is 0 Å². The van der Waals surface area contributed by atoms with Crippen molar-refractivity contribution in [2.45, 2.75) is 39.5 Å². The number of aromatic hydroxyl groups is 2. The summed E-state index contributed by atoms with van der Waals surface area (Å²) in [5.41, 5.74) is 2.88. The monoisotopic (exact) mass is 327 g/mol. The summed E-state index contributed by atoms with van der Waals surface area (Å²) in [6.07, 6.45) is 3.89. The molecule has 1 unspecified atom stereocenters. The zero-order chi connectivity index (χ0) is 17.5. The predicted octanol–water partition coefficient (Wildman–Crippen LogP) is 4.26. The highest BCUT2D eigenvalue weighted by molar-refractivity contribution is 5.92. The highest BCUT2D eigenvalue weighted by atomic mass is 16.3. The van der Waals surface area contributed by atoms with E-state index in [9.17, 15) is 15.0 Å². The lowest BCUT2D eigenvalue weighted by molar-refractivity contribution is -0.119. The van der Waals surface area contributed by atoms with E-state index in [1.165, 1.54) is 30.5 Å². The number of carbonyl (C=O) groups is 1. The maximum absolute atomic E-state index is 12.3. The fourth-order valence-electron chi connectivity index (χ4n) is 2.54. The van der Waals surface area contributed by atoms with Crippen molar-refractivity contribution in [3.05, 3.63) is 53.6 Å². The highest BCUT2D eigenvalue weighted by Gasteiger charge is 2.14. The van der Waals surface area contributed by atoms with E-state index in [4.69, 9.17) is 0 Å². The van der Waals surface area contributed by atoms with Gasteiger partial charge in [0.2, 0.25) is 5.91 Å². The summed E-state index contributed by atoms with van der Waals surface area (Å²) in [5.74, 6) is -0.626. The summed E-state index contributed by atoms with van der Waals surface area (Å²) in [4.78, 5) is 12.3. The molecule has 0 bridgehead atoms. The van der Waals surface area contributed by atoms with Crippen molar-refractivity contribution < 1.29 is 15.0 Å². The van der Waals surface area contributed by atoms with Gasteiger partial charge in [-0.3, -0.25) is 4.79 Å². The van der Waals surface area contributed by atoms with E-state index < -0.39 is 0 Å². The molecule has 1 amide bonds. The van der Waals surface area contributed by atoms with Crippen molar-refractivity contribution in [1.29, 1.82) is 0 Å². The quantitative estimate of drug-likeness (QED) is 0.666. The van der Waals surface area contributed by atoms with Crippen molar-refractivity contribution in [3.8, 4) is 11.5 Å². The van der Waals surface area contributed by atoms with Crippen LogP contribution in [0, 0.1) is 5.92 Å². The molecule has 2 aromatic carbocycles. The van der Waals surface area contributed by atoms with E-state index in [0.29, 0.717) is 6.42 Å². The van der Waals surface area contributed by atoms with Gasteiger partial charge >= 0.3 is 0 Å². The van der Waals surface area contributed by atoms with E-state index in [1.807, 2.05) is 31.2 Å². The molecule has 0 aromatic heterocycles. The van der Waals surface area contributed by atoms with E-state index in [0.717, 1.165) is 17.7 Å². The third-order valence-electron chi connectivity index (χ3n) is 4.07. The summed E-state index contributed by atoms with van der Waals surface area (Å²) >= 11 is 0. The van der Waals surface area contributed by atoms with E-state index in [2.05, 4.69) is 12.2 Å². The molecule has 3 N–H and O–H groups in total. The summed E-state index contributed by atoms with van der Waals surface area (Å²) in [7, 11) is 0. The Kier molecular flexibility index (Phi) is 6.24. The van der Waals surface area contributed by atoms with Crippen LogP contribution < -0.4 is 5.32 Å². The van der Waals surface area contributed by atoms with Crippen molar-refractivity contribution >= 4 is 11.6 Å². The van der Waals surface area contributed by atoms with Crippen LogP contribution in [0.1, 0.15) is 37.8 Å². The molecule has 2 aromatic rings. The summed E-state index contributed by atoms with van der Waals surface area (Å²) in [6.45, 7) is 4.01. The molecule has 0 saturated heterocycles. The van der Waals surface area contributed by atoms with Gasteiger partial charge in [0, 0.05) is 11.6 Å². The molecule has 128 valence electrons. The van der Waals surface area contributed by atoms with E-state index in [1.54, 1.807) is 6.07 Å². The molecular weight excluding hydrogens is 302 g/mol. The number of hydrogen-bond donors (Lipinski definition) is 3. The lowest BCUT2D eigenvalue weighted by Crippen LogP contribution is -2.22. The number of nitrogens with one attached hydrogen (secondary N) is 1. The molecule has 0 spiro atoms. The second-order valence-corrected chi connectivity index (χ2v) is 6.22. The summed E-state index contributed by atoms with van der Waals surface area (Å²) in [6, 6.07) is 12.6. The minimum Gasteiger partial charge on any atom is -0.504 e. The fourth-order valence-corrected chi connectivity index (χ4v) is 2.54. The van der Waals surface area contributed by atoms with Crippen LogP contribution in [0.15, 0.2) is 42.5 Å². The Hall–Kier alpha value is -2.49. The second kappa shape index (κ2) is 8.39. The number of amides is 1. The Morgan fingerprint density at radius 1 is 1.04 bits per heavy atom. The van der Waals surface area contributed by atoms with E-state index in [-0.39, 0.29) is 23.3 Å². The Bertz CT molecular complexity index is 680. The molecule has 2 rings (SSSR count). The number of phenolic OH excluding ortho intramolecular Hbond substituents is 2. The smallest absolute Gasteiger partial charge is 0.227 e. The Balaban J connectivity index is 1.92. The van der Waals surface area contributed by atoms with Gasteiger partial charge in [0.15, 0.2) is 11.5 Å². The Morgan fingerprint density at radius 2 is 1.71 bits per heavy atom. The van der Waals surface area contributed by atoms with Gasteiger partial charge in [-0.05, 0) is 54.7 Å². The molecule has 0 aliphatic rings. The van der Waals surface area contributed by atoms with Crippen LogP contribution >= 0.6 is 0 Å². The minimum atomic E-state index is -0.242. The zero-order valence-corrected chi connectivity index (χ0v) is 14.2. The van der Waals surface area contributed by atoms with Crippen molar-refractivity contribution in [2.24, 2.45) is 5.92 Å². The predicted molar refractivity (Wildman–Crippen MR) is 96.3 cm³/mol. The van der Waals surface area contributed by atoms with Crippen LogP contribution in [-0.4, -0.2) is 16.1 Å². The van der Waals surface area contributed by atoms with Gasteiger partial charge in [0.05, 0.1) is 0 Å². The maximum Gasteiger partial charge on any atom is 0.227 e. The average molecular weight is 327 g/mol. The van der Waals surface area contributed by atoms with Crippen LogP contribution in [0.2, 0.25) is 0 Å². The van der Waals surface area contributed by atoms with Crippen molar-refractivity contribution in [3.63, 3.8) is 0 Å². The Labute approximate surface area is 143 Å². The van der Waals surface area contributed by atoms with E-state index >= 15 is 0 Å². The summed E-state index contributed by atoms with van der Waals surface area (Å²) < 4.78 is 0. The topological polar surface area (TPSA) is 69.6 Å². The van der Waals surface area contributed by atoms with Gasteiger partial charge in [0.25, 0.3) is 0 Å². The SMILES string of the molecule is CCCCc1ccc(NC(=O)C(C)Cc2ccc(O)c(O)c2)cc1. The van der Waals surface area contributed by atoms with Gasteiger partial charge < -0.3 is 15.5 Å². The number of carbonyl (C=O) groups excluding carboxylic acids is 1. The molecule has 0 aliphatic carbocycles. The number of phenols is 2. The standard InChI is InChI=1S/C20H25NO3/c1-3-4-5-15-6-9-17(10-7-15)21-20(24)14(2)12-16-8-11-18(22)19(23)13-16/h6-11,13-14,22-23H,3-5,12H2,1-2H3,(H,21,24). The largest absolute Gasteiger partial charge is 0.504 e. The highest BCUT2D eigenvalue weighted by Crippen LogP contribution is 2.26. The number of unbranched alkanes of at least 4 members (excludes halogenated alkanes) is 1. The van der Waals surface area contributed by atoms with Crippen molar-refractivity contribution in [2.75, 3.05) is 5.32 Å². The molecule has 0 heterocycles. The minimum absolute atomic E-state index is 0.0659. The van der Waals surface area contributed by atoms with Gasteiger partial charge in [-0.1, -0.05) is 38.5 Å².